The van der Waals surface area contributed by atoms with E-state index in [0.717, 1.165) is 43.7 Å². The molecule has 37 heavy (non-hydrogen) atoms. The molecule has 4 heterocycles. The number of hydrogen-bond donors (Lipinski definition) is 1. The molecule has 1 aliphatic rings. The topological polar surface area (TPSA) is 104 Å². The Balaban J connectivity index is 1.39. The van der Waals surface area contributed by atoms with E-state index in [9.17, 15) is 22.8 Å². The maximum absolute atomic E-state index is 13.1. The number of anilines is 2. The number of ketones is 1. The second-order valence-corrected chi connectivity index (χ2v) is 10.1. The predicted molar refractivity (Wildman–Crippen MR) is 133 cm³/mol. The molecule has 1 atom stereocenters. The number of amides is 1. The number of Topliss-reactive ketones (excluding diaryl/α,β-unsaturated/α-hetero) is 1. The quantitative estimate of drug-likeness (QED) is 0.430. The molecule has 1 saturated heterocycles. The number of halogens is 4. The van der Waals surface area contributed by atoms with Crippen LogP contribution in [0, 0.1) is 0 Å². The normalized spacial score (nSPS) is 15.5. The van der Waals surface area contributed by atoms with Crippen molar-refractivity contribution in [2.75, 3.05) is 43.4 Å². The highest BCUT2D eigenvalue weighted by Crippen LogP contribution is 2.35. The number of likely N-dealkylation sites (N-methyl/N-ethyl adjacent to an activating group) is 1. The minimum absolute atomic E-state index is 0.113. The molecule has 1 amide bonds. The lowest BCUT2D eigenvalue weighted by atomic mass is 10.0. The van der Waals surface area contributed by atoms with Crippen LogP contribution in [-0.4, -0.2) is 69.8 Å². The van der Waals surface area contributed by atoms with Crippen molar-refractivity contribution in [3.63, 3.8) is 0 Å². The summed E-state index contributed by atoms with van der Waals surface area (Å²) in [5.41, 5.74) is -0.795. The molecular formula is C23H23ClF3N7O2S. The van der Waals surface area contributed by atoms with Crippen molar-refractivity contribution in [1.29, 1.82) is 0 Å². The number of pyridine rings is 1. The van der Waals surface area contributed by atoms with E-state index < -0.39 is 22.7 Å². The Morgan fingerprint density at radius 3 is 2.54 bits per heavy atom. The molecule has 14 heteroatoms. The van der Waals surface area contributed by atoms with Crippen LogP contribution in [0.2, 0.25) is 5.02 Å². The van der Waals surface area contributed by atoms with Crippen molar-refractivity contribution in [2.24, 2.45) is 0 Å². The summed E-state index contributed by atoms with van der Waals surface area (Å²) in [6.45, 7) is 5.23. The molecular weight excluding hydrogens is 531 g/mol. The number of aromatic nitrogens is 4. The van der Waals surface area contributed by atoms with Gasteiger partial charge in [-0.05, 0) is 13.1 Å². The molecule has 0 spiro atoms. The van der Waals surface area contributed by atoms with Crippen molar-refractivity contribution < 1.29 is 22.8 Å². The zero-order chi connectivity index (χ0) is 26.7. The van der Waals surface area contributed by atoms with E-state index in [4.69, 9.17) is 11.6 Å². The first-order valence-electron chi connectivity index (χ1n) is 11.3. The zero-order valence-electron chi connectivity index (χ0n) is 19.9. The first-order valence-corrected chi connectivity index (χ1v) is 12.5. The van der Waals surface area contributed by atoms with Gasteiger partial charge in [0.25, 0.3) is 5.91 Å². The zero-order valence-corrected chi connectivity index (χ0v) is 21.5. The average molecular weight is 554 g/mol. The molecule has 9 nitrogen and oxygen atoms in total. The van der Waals surface area contributed by atoms with Gasteiger partial charge in [0, 0.05) is 50.8 Å². The van der Waals surface area contributed by atoms with Crippen molar-refractivity contribution in [1.82, 2.24) is 24.8 Å². The summed E-state index contributed by atoms with van der Waals surface area (Å²) in [5.74, 6) is -0.752. The maximum Gasteiger partial charge on any atom is 0.418 e. The van der Waals surface area contributed by atoms with Gasteiger partial charge in [-0.1, -0.05) is 18.5 Å². The van der Waals surface area contributed by atoms with Crippen LogP contribution >= 0.6 is 22.9 Å². The van der Waals surface area contributed by atoms with Gasteiger partial charge in [0.2, 0.25) is 0 Å². The van der Waals surface area contributed by atoms with Gasteiger partial charge in [0.05, 0.1) is 21.8 Å². The Labute approximate surface area is 219 Å². The molecule has 1 fully saturated rings. The van der Waals surface area contributed by atoms with Crippen LogP contribution in [-0.2, 0) is 6.18 Å². The van der Waals surface area contributed by atoms with Crippen molar-refractivity contribution in [3.05, 3.63) is 57.0 Å². The summed E-state index contributed by atoms with van der Waals surface area (Å²) in [6, 6.07) is 2.36. The van der Waals surface area contributed by atoms with E-state index >= 15 is 0 Å². The molecule has 1 aliphatic heterocycles. The lowest BCUT2D eigenvalue weighted by Gasteiger charge is -2.33. The summed E-state index contributed by atoms with van der Waals surface area (Å²) >= 11 is 6.62. The largest absolute Gasteiger partial charge is 0.418 e. The fraction of sp³-hybridized carbons (Fsp3) is 0.391. The van der Waals surface area contributed by atoms with Gasteiger partial charge >= 0.3 is 6.18 Å². The summed E-state index contributed by atoms with van der Waals surface area (Å²) in [5, 5.41) is 2.29. The summed E-state index contributed by atoms with van der Waals surface area (Å²) < 4.78 is 39.2. The van der Waals surface area contributed by atoms with E-state index in [-0.39, 0.29) is 28.8 Å². The lowest BCUT2D eigenvalue weighted by Crippen LogP contribution is -2.44. The van der Waals surface area contributed by atoms with E-state index in [1.807, 2.05) is 0 Å². The molecule has 0 aliphatic carbocycles. The molecule has 0 saturated carbocycles. The summed E-state index contributed by atoms with van der Waals surface area (Å²) in [7, 11) is 2.06. The van der Waals surface area contributed by atoms with Crippen LogP contribution in [0.1, 0.15) is 50.0 Å². The number of carbonyl (C=O) groups is 2. The van der Waals surface area contributed by atoms with Crippen molar-refractivity contribution >= 4 is 46.3 Å². The fourth-order valence-electron chi connectivity index (χ4n) is 3.70. The highest BCUT2D eigenvalue weighted by atomic mass is 35.5. The van der Waals surface area contributed by atoms with Gasteiger partial charge < -0.3 is 15.1 Å². The Morgan fingerprint density at radius 1 is 1.11 bits per heavy atom. The number of rotatable bonds is 7. The SMILES string of the molecule is CC(CC(=O)c1cc(N2CCN(C)CC2)ncn1)c1ncc(C(=O)Nc2cc(C(F)(F)F)c(Cl)cn2)s1. The van der Waals surface area contributed by atoms with Gasteiger partial charge in [-0.15, -0.1) is 11.3 Å². The molecule has 3 aromatic rings. The van der Waals surface area contributed by atoms with E-state index in [2.05, 4.69) is 42.1 Å². The smallest absolute Gasteiger partial charge is 0.354 e. The van der Waals surface area contributed by atoms with Crippen molar-refractivity contribution in [2.45, 2.75) is 25.4 Å². The third-order valence-corrected chi connectivity index (χ3v) is 7.36. The predicted octanol–water partition coefficient (Wildman–Crippen LogP) is 4.38. The van der Waals surface area contributed by atoms with E-state index in [0.29, 0.717) is 22.6 Å². The molecule has 196 valence electrons. The van der Waals surface area contributed by atoms with Crippen LogP contribution in [0.4, 0.5) is 24.8 Å². The molecule has 3 aromatic heterocycles. The molecule has 1 unspecified atom stereocenters. The number of thiazole rings is 1. The first kappa shape index (κ1) is 26.9. The lowest BCUT2D eigenvalue weighted by molar-refractivity contribution is -0.137. The van der Waals surface area contributed by atoms with E-state index in [1.165, 1.54) is 12.5 Å². The molecule has 0 aromatic carbocycles. The Morgan fingerprint density at radius 2 is 1.84 bits per heavy atom. The van der Waals surface area contributed by atoms with E-state index in [1.54, 1.807) is 13.0 Å². The van der Waals surface area contributed by atoms with Crippen molar-refractivity contribution in [3.8, 4) is 0 Å². The second kappa shape index (κ2) is 11.1. The number of hydrogen-bond acceptors (Lipinski definition) is 9. The third kappa shape index (κ3) is 6.59. The monoisotopic (exact) mass is 553 g/mol. The Bertz CT molecular complexity index is 1300. The third-order valence-electron chi connectivity index (χ3n) is 5.83. The van der Waals surface area contributed by atoms with Gasteiger partial charge in [-0.25, -0.2) is 19.9 Å². The second-order valence-electron chi connectivity index (χ2n) is 8.64. The van der Waals surface area contributed by atoms with Gasteiger partial charge in [0.1, 0.15) is 28.5 Å². The van der Waals surface area contributed by atoms with Crippen LogP contribution in [0.15, 0.2) is 30.9 Å². The van der Waals surface area contributed by atoms with Gasteiger partial charge in [-0.2, -0.15) is 13.2 Å². The summed E-state index contributed by atoms with van der Waals surface area (Å²) in [6.07, 6.45) is -1.05. The van der Waals surface area contributed by atoms with Gasteiger partial charge in [0.15, 0.2) is 5.78 Å². The summed E-state index contributed by atoms with van der Waals surface area (Å²) in [4.78, 5) is 46.4. The number of alkyl halides is 3. The highest BCUT2D eigenvalue weighted by molar-refractivity contribution is 7.13. The molecule has 4 rings (SSSR count). The minimum atomic E-state index is -4.69. The Hall–Kier alpha value is -3.16. The van der Waals surface area contributed by atoms with Crippen LogP contribution < -0.4 is 10.2 Å². The standard InChI is InChI=1S/C23H23ClF3N7O2S/c1-13(7-17(35)16-9-20(31-12-30-16)34-5-3-33(2)4-6-34)22-29-11-18(37-22)21(36)32-19-8-14(23(25,26)27)15(24)10-28-19/h8-13H,3-7H2,1-2H3,(H,28,32,36). The van der Waals surface area contributed by atoms with Gasteiger partial charge in [-0.3, -0.25) is 9.59 Å². The van der Waals surface area contributed by atoms with Crippen LogP contribution in [0.3, 0.4) is 0 Å². The minimum Gasteiger partial charge on any atom is -0.354 e. The number of carbonyl (C=O) groups excluding carboxylic acids is 2. The molecule has 0 bridgehead atoms. The molecule has 1 N–H and O–H groups in total. The maximum atomic E-state index is 13.1. The number of piperazine rings is 1. The fourth-order valence-corrected chi connectivity index (χ4v) is 4.78. The van der Waals surface area contributed by atoms with Crippen LogP contribution in [0.25, 0.3) is 0 Å². The first-order chi connectivity index (χ1) is 17.5. The number of nitrogens with zero attached hydrogens (tertiary/aromatic N) is 6. The highest BCUT2D eigenvalue weighted by Gasteiger charge is 2.34. The average Bonchev–Trinajstić information content (AvgIpc) is 3.36. The van der Waals surface area contributed by atoms with Crippen LogP contribution in [0.5, 0.6) is 0 Å². The molecule has 0 radical (unpaired) electrons. The Kier molecular flexibility index (Phi) is 8.05. The number of nitrogens with one attached hydrogen (secondary N) is 1.